The van der Waals surface area contributed by atoms with Crippen LogP contribution in [-0.2, 0) is 19.6 Å². The van der Waals surface area contributed by atoms with Gasteiger partial charge in [-0.05, 0) is 42.8 Å². The number of piperazine rings is 1. The molecule has 2 amide bonds. The summed E-state index contributed by atoms with van der Waals surface area (Å²) in [5.74, 6) is -0.803. The molecule has 0 spiro atoms. The number of carbonyl (C=O) groups excluding carboxylic acids is 2. The standard InChI is InChI=1S/C24H29ClN4O4S/c25-20-7-9-22(10-8-20)29-18-19(17-23(29)30)24(31)26-11-4-16-34(32,33)28-14-12-27(13-15-28)21-5-2-1-3-6-21/h1-3,5-10,19H,4,11-18H2,(H,26,31). The summed E-state index contributed by atoms with van der Waals surface area (Å²) in [6.45, 7) is 2.77. The summed E-state index contributed by atoms with van der Waals surface area (Å²) in [4.78, 5) is 28.7. The van der Waals surface area contributed by atoms with E-state index < -0.39 is 15.9 Å². The lowest BCUT2D eigenvalue weighted by Crippen LogP contribution is -2.49. The normalized spacial score (nSPS) is 19.4. The molecule has 1 N–H and O–H groups in total. The van der Waals surface area contributed by atoms with Crippen molar-refractivity contribution in [3.63, 3.8) is 0 Å². The minimum Gasteiger partial charge on any atom is -0.369 e. The SMILES string of the molecule is O=C(NCCCS(=O)(=O)N1CCN(c2ccccc2)CC1)C1CC(=O)N(c2ccc(Cl)cc2)C1. The fourth-order valence-corrected chi connectivity index (χ4v) is 5.97. The topological polar surface area (TPSA) is 90.0 Å². The zero-order valence-corrected chi connectivity index (χ0v) is 20.5. The second-order valence-corrected chi connectivity index (χ2v) is 11.1. The molecule has 182 valence electrons. The predicted octanol–water partition coefficient (Wildman–Crippen LogP) is 2.35. The molecular weight excluding hydrogens is 476 g/mol. The smallest absolute Gasteiger partial charge is 0.227 e. The van der Waals surface area contributed by atoms with Gasteiger partial charge in [0.05, 0.1) is 11.7 Å². The van der Waals surface area contributed by atoms with Gasteiger partial charge in [0.1, 0.15) is 0 Å². The monoisotopic (exact) mass is 504 g/mol. The Morgan fingerprint density at radius 1 is 0.971 bits per heavy atom. The van der Waals surface area contributed by atoms with Crippen molar-refractivity contribution in [2.24, 2.45) is 5.92 Å². The van der Waals surface area contributed by atoms with Gasteiger partial charge in [-0.15, -0.1) is 0 Å². The highest BCUT2D eigenvalue weighted by Crippen LogP contribution is 2.26. The summed E-state index contributed by atoms with van der Waals surface area (Å²) < 4.78 is 27.0. The molecule has 2 saturated heterocycles. The van der Waals surface area contributed by atoms with Crippen LogP contribution in [0.15, 0.2) is 54.6 Å². The maximum Gasteiger partial charge on any atom is 0.227 e. The van der Waals surface area contributed by atoms with Gasteiger partial charge in [-0.25, -0.2) is 8.42 Å². The van der Waals surface area contributed by atoms with E-state index in [1.165, 1.54) is 4.31 Å². The number of halogens is 1. The Balaban J connectivity index is 1.19. The zero-order chi connectivity index (χ0) is 24.1. The number of para-hydroxylation sites is 1. The summed E-state index contributed by atoms with van der Waals surface area (Å²) >= 11 is 5.90. The van der Waals surface area contributed by atoms with Crippen LogP contribution in [0.5, 0.6) is 0 Å². The van der Waals surface area contributed by atoms with Gasteiger partial charge in [0.25, 0.3) is 0 Å². The van der Waals surface area contributed by atoms with Crippen LogP contribution >= 0.6 is 11.6 Å². The molecule has 34 heavy (non-hydrogen) atoms. The van der Waals surface area contributed by atoms with Crippen LogP contribution in [0.1, 0.15) is 12.8 Å². The number of amides is 2. The van der Waals surface area contributed by atoms with E-state index in [1.54, 1.807) is 29.2 Å². The second-order valence-electron chi connectivity index (χ2n) is 8.56. The highest BCUT2D eigenvalue weighted by molar-refractivity contribution is 7.89. The second kappa shape index (κ2) is 10.8. The van der Waals surface area contributed by atoms with E-state index in [9.17, 15) is 18.0 Å². The van der Waals surface area contributed by atoms with Gasteiger partial charge >= 0.3 is 0 Å². The largest absolute Gasteiger partial charge is 0.369 e. The average molecular weight is 505 g/mol. The number of hydrogen-bond acceptors (Lipinski definition) is 5. The number of sulfonamides is 1. The summed E-state index contributed by atoms with van der Waals surface area (Å²) in [7, 11) is -3.38. The van der Waals surface area contributed by atoms with Gasteiger partial charge in [0.2, 0.25) is 21.8 Å². The highest BCUT2D eigenvalue weighted by atomic mass is 35.5. The van der Waals surface area contributed by atoms with E-state index in [1.807, 2.05) is 30.3 Å². The van der Waals surface area contributed by atoms with Crippen LogP contribution in [0, 0.1) is 5.92 Å². The Kier molecular flexibility index (Phi) is 7.75. The number of nitrogens with one attached hydrogen (secondary N) is 1. The van der Waals surface area contributed by atoms with Crippen LogP contribution in [0.25, 0.3) is 0 Å². The average Bonchev–Trinajstić information content (AvgIpc) is 3.24. The number of rotatable bonds is 8. The summed E-state index contributed by atoms with van der Waals surface area (Å²) in [6.07, 6.45) is 0.465. The van der Waals surface area contributed by atoms with Crippen molar-refractivity contribution in [2.75, 3.05) is 54.8 Å². The molecule has 2 heterocycles. The maximum atomic E-state index is 12.7. The quantitative estimate of drug-likeness (QED) is 0.557. The minimum absolute atomic E-state index is 0.0148. The number of anilines is 2. The number of hydrogen-bond donors (Lipinski definition) is 1. The van der Waals surface area contributed by atoms with Crippen molar-refractivity contribution in [3.8, 4) is 0 Å². The van der Waals surface area contributed by atoms with Crippen molar-refractivity contribution in [1.29, 1.82) is 0 Å². The molecule has 1 unspecified atom stereocenters. The Morgan fingerprint density at radius 2 is 1.65 bits per heavy atom. The number of nitrogens with zero attached hydrogens (tertiary/aromatic N) is 3. The van der Waals surface area contributed by atoms with Crippen molar-refractivity contribution in [3.05, 3.63) is 59.6 Å². The molecule has 0 saturated carbocycles. The van der Waals surface area contributed by atoms with Crippen LogP contribution < -0.4 is 15.1 Å². The van der Waals surface area contributed by atoms with Gasteiger partial charge < -0.3 is 15.1 Å². The summed E-state index contributed by atoms with van der Waals surface area (Å²) in [5.41, 5.74) is 1.81. The summed E-state index contributed by atoms with van der Waals surface area (Å²) in [5, 5.41) is 3.38. The van der Waals surface area contributed by atoms with E-state index in [4.69, 9.17) is 11.6 Å². The highest BCUT2D eigenvalue weighted by Gasteiger charge is 2.35. The summed E-state index contributed by atoms with van der Waals surface area (Å²) in [6, 6.07) is 16.9. The first-order valence-corrected chi connectivity index (χ1v) is 13.4. The molecule has 8 nitrogen and oxygen atoms in total. The minimum atomic E-state index is -3.38. The molecule has 0 aliphatic carbocycles. The Morgan fingerprint density at radius 3 is 2.32 bits per heavy atom. The lowest BCUT2D eigenvalue weighted by Gasteiger charge is -2.35. The molecule has 2 aliphatic heterocycles. The maximum absolute atomic E-state index is 12.7. The third-order valence-electron chi connectivity index (χ3n) is 6.27. The molecule has 4 rings (SSSR count). The van der Waals surface area contributed by atoms with Crippen molar-refractivity contribution in [1.82, 2.24) is 9.62 Å². The Labute approximate surface area is 205 Å². The third kappa shape index (κ3) is 5.89. The van der Waals surface area contributed by atoms with Crippen molar-refractivity contribution >= 4 is 44.8 Å². The number of benzene rings is 2. The van der Waals surface area contributed by atoms with Crippen molar-refractivity contribution < 1.29 is 18.0 Å². The predicted molar refractivity (Wildman–Crippen MR) is 134 cm³/mol. The Bertz CT molecular complexity index is 1100. The first-order chi connectivity index (χ1) is 16.3. The first-order valence-electron chi connectivity index (χ1n) is 11.4. The van der Waals surface area contributed by atoms with E-state index in [2.05, 4.69) is 10.2 Å². The first kappa shape index (κ1) is 24.5. The van der Waals surface area contributed by atoms with E-state index in [0.717, 1.165) is 5.69 Å². The fraction of sp³-hybridized carbons (Fsp3) is 0.417. The van der Waals surface area contributed by atoms with Crippen LogP contribution in [0.2, 0.25) is 5.02 Å². The molecule has 1 atom stereocenters. The van der Waals surface area contributed by atoms with Gasteiger partial charge in [-0.1, -0.05) is 29.8 Å². The lowest BCUT2D eigenvalue weighted by molar-refractivity contribution is -0.126. The number of carbonyl (C=O) groups is 2. The van der Waals surface area contributed by atoms with Crippen LogP contribution in [0.3, 0.4) is 0 Å². The van der Waals surface area contributed by atoms with Gasteiger partial charge in [0.15, 0.2) is 0 Å². The molecule has 2 aromatic rings. The van der Waals surface area contributed by atoms with Crippen LogP contribution in [0.4, 0.5) is 11.4 Å². The molecule has 2 aliphatic rings. The van der Waals surface area contributed by atoms with Crippen LogP contribution in [-0.4, -0.2) is 69.6 Å². The van der Waals surface area contributed by atoms with E-state index in [-0.39, 0.29) is 30.5 Å². The molecule has 10 heteroatoms. The fourth-order valence-electron chi connectivity index (χ4n) is 4.36. The van der Waals surface area contributed by atoms with Crippen molar-refractivity contribution in [2.45, 2.75) is 12.8 Å². The third-order valence-corrected chi connectivity index (χ3v) is 8.47. The van der Waals surface area contributed by atoms with Gasteiger partial charge in [-0.3, -0.25) is 9.59 Å². The van der Waals surface area contributed by atoms with E-state index >= 15 is 0 Å². The lowest BCUT2D eigenvalue weighted by atomic mass is 10.1. The van der Waals surface area contributed by atoms with E-state index in [0.29, 0.717) is 49.9 Å². The molecule has 2 fully saturated rings. The molecule has 2 aromatic carbocycles. The molecule has 0 radical (unpaired) electrons. The van der Waals surface area contributed by atoms with Gasteiger partial charge in [0, 0.05) is 62.1 Å². The van der Waals surface area contributed by atoms with Gasteiger partial charge in [-0.2, -0.15) is 4.31 Å². The molecular formula is C24H29ClN4O4S. The molecule has 0 aromatic heterocycles. The Hall–Kier alpha value is -2.62. The molecule has 0 bridgehead atoms. The zero-order valence-electron chi connectivity index (χ0n) is 18.9.